The van der Waals surface area contributed by atoms with Gasteiger partial charge in [-0.05, 0) is 37.1 Å². The van der Waals surface area contributed by atoms with Crippen molar-refractivity contribution in [2.24, 2.45) is 11.8 Å². The topological polar surface area (TPSA) is 59.0 Å². The highest BCUT2D eigenvalue weighted by atomic mass is 19.3. The van der Waals surface area contributed by atoms with Crippen molar-refractivity contribution in [1.29, 1.82) is 0 Å². The van der Waals surface area contributed by atoms with Crippen molar-refractivity contribution in [2.75, 3.05) is 11.9 Å². The van der Waals surface area contributed by atoms with E-state index in [1.165, 1.54) is 0 Å². The van der Waals surface area contributed by atoms with Gasteiger partial charge in [-0.2, -0.15) is 0 Å². The lowest BCUT2D eigenvalue weighted by atomic mass is 9.95. The molecule has 2 atom stereocenters. The Labute approximate surface area is 192 Å². The number of nitrogens with one attached hydrogen (secondary N) is 2. The third-order valence-electron chi connectivity index (χ3n) is 6.08. The number of rotatable bonds is 6. The molecule has 1 unspecified atom stereocenters. The number of halogens is 2. The van der Waals surface area contributed by atoms with Crippen LogP contribution < -0.4 is 10.6 Å². The fourth-order valence-electron chi connectivity index (χ4n) is 4.19. The molecule has 0 saturated carbocycles. The largest absolute Gasteiger partial charge is 0.388 e. The SMILES string of the molecule is C=C1NC[C@H](C(=O)Nc2cc(-c3cccc(CC(C)(F)F)c3)n(-c3ccccc3C)n2)C1C. The molecule has 0 spiro atoms. The summed E-state index contributed by atoms with van der Waals surface area (Å²) in [5.41, 5.74) is 4.70. The van der Waals surface area contributed by atoms with Crippen LogP contribution in [0.2, 0.25) is 0 Å². The maximum Gasteiger partial charge on any atom is 0.249 e. The van der Waals surface area contributed by atoms with Crippen LogP contribution in [-0.4, -0.2) is 28.2 Å². The highest BCUT2D eigenvalue weighted by molar-refractivity contribution is 5.93. The van der Waals surface area contributed by atoms with Crippen molar-refractivity contribution >= 4 is 11.7 Å². The normalized spacial score (nSPS) is 18.3. The van der Waals surface area contributed by atoms with Crippen LogP contribution in [0.15, 0.2) is 66.9 Å². The maximum absolute atomic E-state index is 13.6. The zero-order valence-corrected chi connectivity index (χ0v) is 19.0. The highest BCUT2D eigenvalue weighted by Gasteiger charge is 2.33. The van der Waals surface area contributed by atoms with Crippen molar-refractivity contribution in [2.45, 2.75) is 33.1 Å². The van der Waals surface area contributed by atoms with Crippen molar-refractivity contribution in [1.82, 2.24) is 15.1 Å². The Kier molecular flexibility index (Phi) is 6.06. The van der Waals surface area contributed by atoms with Gasteiger partial charge in [-0.15, -0.1) is 5.10 Å². The number of allylic oxidation sites excluding steroid dienone is 1. The van der Waals surface area contributed by atoms with Gasteiger partial charge in [0.1, 0.15) is 0 Å². The number of para-hydroxylation sites is 1. The predicted octanol–water partition coefficient (Wildman–Crippen LogP) is 5.35. The van der Waals surface area contributed by atoms with Crippen molar-refractivity contribution in [3.63, 3.8) is 0 Å². The minimum absolute atomic E-state index is 0.0234. The van der Waals surface area contributed by atoms with E-state index in [9.17, 15) is 13.6 Å². The molecule has 2 aromatic carbocycles. The molecule has 1 aliphatic rings. The molecule has 0 aliphatic carbocycles. The fraction of sp³-hybridized carbons (Fsp3) is 0.308. The molecule has 4 rings (SSSR count). The van der Waals surface area contributed by atoms with E-state index in [-0.39, 0.29) is 24.2 Å². The molecule has 33 heavy (non-hydrogen) atoms. The second-order valence-electron chi connectivity index (χ2n) is 8.85. The van der Waals surface area contributed by atoms with Crippen LogP contribution in [0.3, 0.4) is 0 Å². The predicted molar refractivity (Wildman–Crippen MR) is 126 cm³/mol. The molecule has 1 aliphatic heterocycles. The number of alkyl halides is 2. The molecule has 1 aromatic heterocycles. The fourth-order valence-corrected chi connectivity index (χ4v) is 4.19. The lowest BCUT2D eigenvalue weighted by Gasteiger charge is -2.13. The van der Waals surface area contributed by atoms with Crippen molar-refractivity contribution < 1.29 is 13.6 Å². The Hall–Kier alpha value is -3.48. The van der Waals surface area contributed by atoms with E-state index < -0.39 is 5.92 Å². The van der Waals surface area contributed by atoms with Crippen LogP contribution >= 0.6 is 0 Å². The first-order chi connectivity index (χ1) is 15.6. The quantitative estimate of drug-likeness (QED) is 0.532. The number of carbonyl (C=O) groups is 1. The zero-order valence-electron chi connectivity index (χ0n) is 19.0. The van der Waals surface area contributed by atoms with Crippen LogP contribution in [0.25, 0.3) is 16.9 Å². The summed E-state index contributed by atoms with van der Waals surface area (Å²) in [6.07, 6.45) is -0.348. The Morgan fingerprint density at radius 2 is 2.00 bits per heavy atom. The van der Waals surface area contributed by atoms with Gasteiger partial charge in [0.25, 0.3) is 0 Å². The van der Waals surface area contributed by atoms with Crippen LogP contribution in [0.4, 0.5) is 14.6 Å². The summed E-state index contributed by atoms with van der Waals surface area (Å²) in [6, 6.07) is 16.6. The first kappa shape index (κ1) is 22.7. The first-order valence-corrected chi connectivity index (χ1v) is 11.0. The number of aryl methyl sites for hydroxylation is 1. The van der Waals surface area contributed by atoms with Crippen molar-refractivity contribution in [3.05, 3.63) is 78.0 Å². The zero-order chi connectivity index (χ0) is 23.8. The number of aromatic nitrogens is 2. The number of carbonyl (C=O) groups excluding carboxylic acids is 1. The van der Waals surface area contributed by atoms with E-state index in [1.807, 2.05) is 44.2 Å². The van der Waals surface area contributed by atoms with E-state index in [0.29, 0.717) is 23.6 Å². The Morgan fingerprint density at radius 1 is 1.24 bits per heavy atom. The second kappa shape index (κ2) is 8.81. The van der Waals surface area contributed by atoms with Crippen LogP contribution in [0.1, 0.15) is 25.0 Å². The van der Waals surface area contributed by atoms with E-state index in [1.54, 1.807) is 28.9 Å². The second-order valence-corrected chi connectivity index (χ2v) is 8.85. The summed E-state index contributed by atoms with van der Waals surface area (Å²) < 4.78 is 29.0. The number of hydrogen-bond acceptors (Lipinski definition) is 3. The summed E-state index contributed by atoms with van der Waals surface area (Å²) >= 11 is 0. The highest BCUT2D eigenvalue weighted by Crippen LogP contribution is 2.31. The van der Waals surface area contributed by atoms with Gasteiger partial charge in [-0.1, -0.05) is 49.9 Å². The minimum atomic E-state index is -2.80. The molecule has 3 aromatic rings. The monoisotopic (exact) mass is 450 g/mol. The molecule has 1 amide bonds. The third-order valence-corrected chi connectivity index (χ3v) is 6.08. The lowest BCUT2D eigenvalue weighted by molar-refractivity contribution is -0.120. The maximum atomic E-state index is 13.6. The van der Waals surface area contributed by atoms with Gasteiger partial charge in [0.05, 0.1) is 17.3 Å². The number of hydrogen-bond donors (Lipinski definition) is 2. The molecule has 1 saturated heterocycles. The average Bonchev–Trinajstić information content (AvgIpc) is 3.31. The van der Waals surface area contributed by atoms with Gasteiger partial charge >= 0.3 is 0 Å². The molecular formula is C26H28F2N4O. The minimum Gasteiger partial charge on any atom is -0.388 e. The molecular weight excluding hydrogens is 422 g/mol. The third kappa shape index (κ3) is 4.97. The molecule has 2 heterocycles. The van der Waals surface area contributed by atoms with Gasteiger partial charge in [-0.25, -0.2) is 13.5 Å². The van der Waals surface area contributed by atoms with E-state index >= 15 is 0 Å². The Morgan fingerprint density at radius 3 is 2.67 bits per heavy atom. The van der Waals surface area contributed by atoms with E-state index in [2.05, 4.69) is 22.3 Å². The number of benzene rings is 2. The van der Waals surface area contributed by atoms with Crippen molar-refractivity contribution in [3.8, 4) is 16.9 Å². The Balaban J connectivity index is 1.73. The van der Waals surface area contributed by atoms with Crippen LogP contribution in [-0.2, 0) is 11.2 Å². The summed E-state index contributed by atoms with van der Waals surface area (Å²) in [5.74, 6) is -2.73. The molecule has 0 bridgehead atoms. The number of anilines is 1. The summed E-state index contributed by atoms with van der Waals surface area (Å²) in [6.45, 7) is 9.35. The number of amides is 1. The summed E-state index contributed by atoms with van der Waals surface area (Å²) in [7, 11) is 0. The molecule has 172 valence electrons. The molecule has 1 fully saturated rings. The van der Waals surface area contributed by atoms with Gasteiger partial charge in [0.15, 0.2) is 5.82 Å². The summed E-state index contributed by atoms with van der Waals surface area (Å²) in [5, 5.41) is 10.8. The average molecular weight is 451 g/mol. The molecule has 5 nitrogen and oxygen atoms in total. The van der Waals surface area contributed by atoms with Gasteiger partial charge in [0, 0.05) is 36.2 Å². The van der Waals surface area contributed by atoms with Gasteiger partial charge < -0.3 is 10.6 Å². The smallest absolute Gasteiger partial charge is 0.249 e. The summed E-state index contributed by atoms with van der Waals surface area (Å²) in [4.78, 5) is 12.9. The van der Waals surface area contributed by atoms with Gasteiger partial charge in [-0.3, -0.25) is 4.79 Å². The van der Waals surface area contributed by atoms with Crippen LogP contribution in [0.5, 0.6) is 0 Å². The Bertz CT molecular complexity index is 1190. The standard InChI is InChI=1S/C26H28F2N4O/c1-16-8-5-6-11-22(16)32-23(20-10-7-9-19(12-20)14-26(4,27)28)13-24(31-32)30-25(33)21-15-29-18(3)17(21)2/h5-13,17,21,29H,3,14-15H2,1-2,4H3,(H,30,31,33)/t17?,21-/m0/s1. The van der Waals surface area contributed by atoms with E-state index in [4.69, 9.17) is 0 Å². The first-order valence-electron chi connectivity index (χ1n) is 11.0. The lowest BCUT2D eigenvalue weighted by Crippen LogP contribution is -2.28. The van der Waals surface area contributed by atoms with Crippen LogP contribution in [0, 0.1) is 18.8 Å². The van der Waals surface area contributed by atoms with Gasteiger partial charge in [0.2, 0.25) is 11.8 Å². The number of nitrogens with zero attached hydrogens (tertiary/aromatic N) is 2. The van der Waals surface area contributed by atoms with E-state index in [0.717, 1.165) is 29.4 Å². The molecule has 0 radical (unpaired) electrons. The molecule has 7 heteroatoms. The molecule has 2 N–H and O–H groups in total.